The average Bonchev–Trinajstić information content (AvgIpc) is 0.900. The van der Waals surface area contributed by atoms with Crippen molar-refractivity contribution in [1.82, 2.24) is 0 Å². The number of esters is 4. The number of aliphatic hydroxyl groups is 1. The largest absolute Gasteiger partial charge is 0.472 e. The molecule has 0 amide bonds. The van der Waals surface area contributed by atoms with Crippen molar-refractivity contribution in [1.29, 1.82) is 0 Å². The maximum atomic E-state index is 13.2. The van der Waals surface area contributed by atoms with E-state index in [-0.39, 0.29) is 25.7 Å². The van der Waals surface area contributed by atoms with Crippen molar-refractivity contribution in [3.63, 3.8) is 0 Å². The summed E-state index contributed by atoms with van der Waals surface area (Å²) in [6.45, 7) is 9.79. The quantitative estimate of drug-likeness (QED) is 0.0222. The van der Waals surface area contributed by atoms with Gasteiger partial charge >= 0.3 is 39.5 Å². The molecule has 0 aromatic carbocycles. The van der Waals surface area contributed by atoms with Crippen LogP contribution in [0.5, 0.6) is 0 Å². The Morgan fingerprint density at radius 3 is 0.691 bits per heavy atom. The fourth-order valence-electron chi connectivity index (χ4n) is 14.3. The lowest BCUT2D eigenvalue weighted by molar-refractivity contribution is -0.161. The molecule has 0 aliphatic carbocycles. The number of phosphoric acid groups is 2. The Morgan fingerprint density at radius 1 is 0.264 bits per heavy atom. The van der Waals surface area contributed by atoms with Crippen LogP contribution in [-0.4, -0.2) is 96.7 Å². The number of rotatable bonds is 90. The van der Waals surface area contributed by atoms with E-state index >= 15 is 0 Å². The molecule has 0 aliphatic rings. The van der Waals surface area contributed by atoms with Crippen molar-refractivity contribution < 1.29 is 80.2 Å². The summed E-state index contributed by atoms with van der Waals surface area (Å²) in [6, 6.07) is 0. The molecule has 6 atom stereocenters. The van der Waals surface area contributed by atoms with Crippen molar-refractivity contribution in [2.45, 2.75) is 509 Å². The van der Waals surface area contributed by atoms with Crippen LogP contribution in [0.1, 0.15) is 491 Å². The Balaban J connectivity index is 5.24. The Hall–Kier alpha value is -1.94. The molecule has 17 nitrogen and oxygen atoms in total. The van der Waals surface area contributed by atoms with E-state index in [1.54, 1.807) is 0 Å². The van der Waals surface area contributed by atoms with E-state index in [9.17, 15) is 43.2 Å². The summed E-state index contributed by atoms with van der Waals surface area (Å²) in [6.07, 6.45) is 76.4. The summed E-state index contributed by atoms with van der Waals surface area (Å²) >= 11 is 0. The zero-order valence-corrected chi connectivity index (χ0v) is 74.4. The van der Waals surface area contributed by atoms with Gasteiger partial charge in [0.1, 0.15) is 19.3 Å². The van der Waals surface area contributed by atoms with Crippen LogP contribution >= 0.6 is 15.6 Å². The topological polar surface area (TPSA) is 237 Å². The second-order valence-corrected chi connectivity index (χ2v) is 36.3. The minimum atomic E-state index is -4.97. The molecule has 3 unspecified atom stereocenters. The summed E-state index contributed by atoms with van der Waals surface area (Å²) in [4.78, 5) is 73.4. The minimum absolute atomic E-state index is 0.108. The van der Waals surface area contributed by atoms with E-state index in [2.05, 4.69) is 41.5 Å². The fourth-order valence-corrected chi connectivity index (χ4v) is 15.9. The molecule has 0 radical (unpaired) electrons. The minimum Gasteiger partial charge on any atom is -0.462 e. The van der Waals surface area contributed by atoms with Crippen LogP contribution in [0, 0.1) is 11.8 Å². The van der Waals surface area contributed by atoms with Crippen molar-refractivity contribution in [3.8, 4) is 0 Å². The van der Waals surface area contributed by atoms with E-state index in [0.717, 1.165) is 102 Å². The molecule has 3 N–H and O–H groups in total. The highest BCUT2D eigenvalue weighted by Gasteiger charge is 2.31. The molecule has 0 heterocycles. The second-order valence-electron chi connectivity index (χ2n) is 33.4. The smallest absolute Gasteiger partial charge is 0.462 e. The van der Waals surface area contributed by atoms with Gasteiger partial charge in [-0.3, -0.25) is 37.3 Å². The highest BCUT2D eigenvalue weighted by atomic mass is 31.2. The molecule has 0 aliphatic heterocycles. The zero-order chi connectivity index (χ0) is 80.6. The maximum Gasteiger partial charge on any atom is 0.472 e. The van der Waals surface area contributed by atoms with Crippen LogP contribution in [0.2, 0.25) is 0 Å². The van der Waals surface area contributed by atoms with Gasteiger partial charge in [0.2, 0.25) is 0 Å². The lowest BCUT2D eigenvalue weighted by Gasteiger charge is -2.21. The first kappa shape index (κ1) is 108. The van der Waals surface area contributed by atoms with Crippen LogP contribution in [0.3, 0.4) is 0 Å². The molecule has 0 spiro atoms. The first-order chi connectivity index (χ1) is 53.4. The predicted molar refractivity (Wildman–Crippen MR) is 455 cm³/mol. The van der Waals surface area contributed by atoms with Gasteiger partial charge in [-0.05, 0) is 37.5 Å². The van der Waals surface area contributed by atoms with Crippen molar-refractivity contribution in [3.05, 3.63) is 0 Å². The standard InChI is InChI=1S/C91H178O17P2/c1-7-10-12-14-16-18-20-21-22-23-24-25-29-32-38-44-50-56-62-68-74-89(94)102-80-87(108-90(95)75-69-63-57-51-45-39-33-30-27-26-28-31-36-42-47-53-59-65-71-83(4)5)82-106-110(99,100)104-78-85(92)77-103-109(97,98)105-81-86(79-101-88(93)73-67-61-55-49-41-19-17-15-13-11-8-2)107-91(96)76-70-64-58-52-46-40-35-34-37-43-48-54-60-66-72-84(6)9-3/h83-87,92H,7-82H2,1-6H3,(H,97,98)(H,99,100)/t84?,85-,86+,87+/m0/s1. The zero-order valence-electron chi connectivity index (χ0n) is 72.6. The second kappa shape index (κ2) is 82.2. The Labute approximate surface area is 677 Å². The van der Waals surface area contributed by atoms with Crippen LogP contribution in [0.15, 0.2) is 0 Å². The normalized spacial score (nSPS) is 14.0. The molecule has 0 aromatic heterocycles. The van der Waals surface area contributed by atoms with Crippen molar-refractivity contribution in [2.24, 2.45) is 11.8 Å². The van der Waals surface area contributed by atoms with Crippen LogP contribution < -0.4 is 0 Å². The van der Waals surface area contributed by atoms with Crippen LogP contribution in [0.25, 0.3) is 0 Å². The number of ether oxygens (including phenoxy) is 4. The van der Waals surface area contributed by atoms with Gasteiger partial charge in [-0.2, -0.15) is 0 Å². The van der Waals surface area contributed by atoms with Gasteiger partial charge in [0.25, 0.3) is 0 Å². The van der Waals surface area contributed by atoms with Gasteiger partial charge in [-0.25, -0.2) is 9.13 Å². The molecule has 110 heavy (non-hydrogen) atoms. The van der Waals surface area contributed by atoms with Gasteiger partial charge in [0.15, 0.2) is 12.2 Å². The van der Waals surface area contributed by atoms with E-state index in [0.29, 0.717) is 25.7 Å². The van der Waals surface area contributed by atoms with E-state index < -0.39 is 97.5 Å². The third-order valence-corrected chi connectivity index (χ3v) is 23.7. The summed E-state index contributed by atoms with van der Waals surface area (Å²) in [5.41, 5.74) is 0. The average molecular weight is 1610 g/mol. The molecule has 654 valence electrons. The summed E-state index contributed by atoms with van der Waals surface area (Å²) < 4.78 is 69.1. The SMILES string of the molecule is CCCCCCCCCCCCCCCCCCCCCCC(=O)OC[C@H](COP(=O)(O)OC[C@@H](O)COP(=O)(O)OC[C@@H](COC(=O)CCCCCCCCCCCCC)OC(=O)CCCCCCCCCCCCCCCCC(C)CC)OC(=O)CCCCCCCCCCCCCCCCCCCCC(C)C. The molecule has 0 rings (SSSR count). The Kier molecular flexibility index (Phi) is 80.7. The molecule has 19 heteroatoms. The number of hydrogen-bond donors (Lipinski definition) is 3. The lowest BCUT2D eigenvalue weighted by atomic mass is 9.99. The van der Waals surface area contributed by atoms with E-state index in [1.807, 2.05) is 0 Å². The van der Waals surface area contributed by atoms with Crippen molar-refractivity contribution >= 4 is 39.5 Å². The van der Waals surface area contributed by atoms with E-state index in [1.165, 1.54) is 308 Å². The summed E-state index contributed by atoms with van der Waals surface area (Å²) in [7, 11) is -9.93. The number of carbonyl (C=O) groups excluding carboxylic acids is 4. The number of unbranched alkanes of at least 4 members (excludes halogenated alkanes) is 59. The molecule has 0 fully saturated rings. The number of hydrogen-bond acceptors (Lipinski definition) is 15. The maximum absolute atomic E-state index is 13.2. The molecule has 0 saturated carbocycles. The van der Waals surface area contributed by atoms with E-state index in [4.69, 9.17) is 37.0 Å². The van der Waals surface area contributed by atoms with Gasteiger partial charge < -0.3 is 33.8 Å². The number of carbonyl (C=O) groups is 4. The lowest BCUT2D eigenvalue weighted by Crippen LogP contribution is -2.30. The van der Waals surface area contributed by atoms with Gasteiger partial charge in [-0.15, -0.1) is 0 Å². The van der Waals surface area contributed by atoms with Crippen LogP contribution in [-0.2, 0) is 65.4 Å². The highest BCUT2D eigenvalue weighted by Crippen LogP contribution is 2.45. The Morgan fingerprint density at radius 2 is 0.464 bits per heavy atom. The van der Waals surface area contributed by atoms with Gasteiger partial charge in [0.05, 0.1) is 26.4 Å². The first-order valence-electron chi connectivity index (χ1n) is 47.0. The van der Waals surface area contributed by atoms with Crippen LogP contribution in [0.4, 0.5) is 0 Å². The Bertz CT molecular complexity index is 2100. The molecular weight excluding hydrogens is 1430 g/mol. The monoisotopic (exact) mass is 1610 g/mol. The van der Waals surface area contributed by atoms with Gasteiger partial charge in [0, 0.05) is 25.7 Å². The molecular formula is C91H178O17P2. The predicted octanol–water partition coefficient (Wildman–Crippen LogP) is 28.2. The molecule has 0 aromatic rings. The van der Waals surface area contributed by atoms with Crippen molar-refractivity contribution in [2.75, 3.05) is 39.6 Å². The number of phosphoric ester groups is 2. The third-order valence-electron chi connectivity index (χ3n) is 21.8. The summed E-state index contributed by atoms with van der Waals surface area (Å²) in [5, 5.41) is 10.7. The fraction of sp³-hybridized carbons (Fsp3) is 0.956. The third kappa shape index (κ3) is 82.6. The first-order valence-corrected chi connectivity index (χ1v) is 50.0. The molecule has 0 bridgehead atoms. The summed E-state index contributed by atoms with van der Waals surface area (Å²) in [5.74, 6) is -0.429. The molecule has 0 saturated heterocycles. The van der Waals surface area contributed by atoms with Gasteiger partial charge in [-0.1, -0.05) is 440 Å². The highest BCUT2D eigenvalue weighted by molar-refractivity contribution is 7.47. The number of aliphatic hydroxyl groups excluding tert-OH is 1.